The maximum absolute atomic E-state index is 12.1. The Morgan fingerprint density at radius 1 is 1.00 bits per heavy atom. The van der Waals surface area contributed by atoms with E-state index in [0.717, 1.165) is 17.7 Å². The van der Waals surface area contributed by atoms with Crippen molar-refractivity contribution in [2.24, 2.45) is 0 Å². The fraction of sp³-hybridized carbons (Fsp3) is 0.261. The Morgan fingerprint density at radius 3 is 2.35 bits per heavy atom. The van der Waals surface area contributed by atoms with E-state index in [2.05, 4.69) is 43.3 Å². The molecule has 0 saturated heterocycles. The number of hydrogen-bond acceptors (Lipinski definition) is 2. The first-order valence-corrected chi connectivity index (χ1v) is 9.03. The predicted molar refractivity (Wildman–Crippen MR) is 104 cm³/mol. The minimum Gasteiger partial charge on any atom is -0.469 e. The number of carbonyl (C=O) groups is 1. The van der Waals surface area contributed by atoms with Gasteiger partial charge in [-0.15, -0.1) is 0 Å². The average Bonchev–Trinajstić information content (AvgIpc) is 3.17. The van der Waals surface area contributed by atoms with Crippen molar-refractivity contribution in [2.45, 2.75) is 32.7 Å². The van der Waals surface area contributed by atoms with Gasteiger partial charge in [0.2, 0.25) is 5.91 Å². The maximum atomic E-state index is 12.1. The van der Waals surface area contributed by atoms with Crippen LogP contribution < -0.4 is 0 Å². The third-order valence-corrected chi connectivity index (χ3v) is 4.72. The van der Waals surface area contributed by atoms with Crippen molar-refractivity contribution in [3.8, 4) is 0 Å². The third kappa shape index (κ3) is 4.63. The molecular weight excluding hydrogens is 322 g/mol. The molecule has 0 radical (unpaired) electrons. The summed E-state index contributed by atoms with van der Waals surface area (Å²) in [5.74, 6) is 1.18. The number of aryl methyl sites for hydroxylation is 1. The Labute approximate surface area is 155 Å². The van der Waals surface area contributed by atoms with Gasteiger partial charge in [0.15, 0.2) is 0 Å². The van der Waals surface area contributed by atoms with Gasteiger partial charge in [0.05, 0.1) is 6.26 Å². The molecule has 0 bridgehead atoms. The molecule has 134 valence electrons. The molecule has 3 rings (SSSR count). The number of hydrogen-bond donors (Lipinski definition) is 0. The number of carbonyl (C=O) groups excluding carboxylic acids is 1. The maximum Gasteiger partial charge on any atom is 0.219 e. The largest absolute Gasteiger partial charge is 0.469 e. The van der Waals surface area contributed by atoms with Crippen LogP contribution in [0.25, 0.3) is 0 Å². The highest BCUT2D eigenvalue weighted by Gasteiger charge is 2.19. The van der Waals surface area contributed by atoms with Crippen molar-refractivity contribution in [3.63, 3.8) is 0 Å². The van der Waals surface area contributed by atoms with E-state index >= 15 is 0 Å². The summed E-state index contributed by atoms with van der Waals surface area (Å²) >= 11 is 0. The molecule has 0 unspecified atom stereocenters. The minimum absolute atomic E-state index is 0.0935. The summed E-state index contributed by atoms with van der Waals surface area (Å²) in [6, 6.07) is 22.6. The Kier molecular flexibility index (Phi) is 5.90. The quantitative estimate of drug-likeness (QED) is 0.591. The summed E-state index contributed by atoms with van der Waals surface area (Å²) in [6.07, 6.45) is 2.53. The first-order chi connectivity index (χ1) is 12.6. The first kappa shape index (κ1) is 18.0. The summed E-state index contributed by atoms with van der Waals surface area (Å²) in [4.78, 5) is 14.0. The number of furan rings is 1. The lowest BCUT2D eigenvalue weighted by atomic mass is 9.92. The molecule has 1 amide bonds. The van der Waals surface area contributed by atoms with Crippen LogP contribution in [0.4, 0.5) is 0 Å². The van der Waals surface area contributed by atoms with E-state index in [1.165, 1.54) is 11.1 Å². The molecule has 0 aliphatic heterocycles. The van der Waals surface area contributed by atoms with Crippen molar-refractivity contribution in [2.75, 3.05) is 6.54 Å². The molecule has 0 N–H and O–H groups in total. The highest BCUT2D eigenvalue weighted by molar-refractivity contribution is 5.73. The van der Waals surface area contributed by atoms with Crippen LogP contribution in [0.2, 0.25) is 0 Å². The van der Waals surface area contributed by atoms with Crippen LogP contribution in [-0.2, 0) is 11.3 Å². The Bertz CT molecular complexity index is 807. The third-order valence-electron chi connectivity index (χ3n) is 4.72. The second-order valence-electron chi connectivity index (χ2n) is 6.69. The average molecular weight is 347 g/mol. The molecule has 0 aliphatic rings. The van der Waals surface area contributed by atoms with Crippen molar-refractivity contribution in [3.05, 3.63) is 95.4 Å². The molecule has 3 nitrogen and oxygen atoms in total. The molecule has 1 heterocycles. The smallest absolute Gasteiger partial charge is 0.219 e. The highest BCUT2D eigenvalue weighted by atomic mass is 16.3. The van der Waals surface area contributed by atoms with Crippen LogP contribution >= 0.6 is 0 Å². The summed E-state index contributed by atoms with van der Waals surface area (Å²) in [7, 11) is 0. The molecule has 1 aromatic heterocycles. The van der Waals surface area contributed by atoms with Gasteiger partial charge in [0, 0.05) is 25.9 Å². The van der Waals surface area contributed by atoms with Crippen LogP contribution in [-0.4, -0.2) is 17.4 Å². The first-order valence-electron chi connectivity index (χ1n) is 9.03. The van der Waals surface area contributed by atoms with Gasteiger partial charge in [-0.3, -0.25) is 4.79 Å². The zero-order valence-corrected chi connectivity index (χ0v) is 15.4. The monoisotopic (exact) mass is 347 g/mol. The number of amides is 1. The fourth-order valence-corrected chi connectivity index (χ4v) is 3.20. The highest BCUT2D eigenvalue weighted by Crippen LogP contribution is 2.29. The molecule has 26 heavy (non-hydrogen) atoms. The molecule has 0 aliphatic carbocycles. The van der Waals surface area contributed by atoms with Crippen LogP contribution in [0.3, 0.4) is 0 Å². The lowest BCUT2D eigenvalue weighted by molar-refractivity contribution is -0.129. The molecule has 0 fully saturated rings. The summed E-state index contributed by atoms with van der Waals surface area (Å²) in [5, 5.41) is 0. The van der Waals surface area contributed by atoms with E-state index in [-0.39, 0.29) is 11.8 Å². The van der Waals surface area contributed by atoms with Crippen LogP contribution in [0, 0.1) is 6.92 Å². The lowest BCUT2D eigenvalue weighted by Gasteiger charge is -2.24. The molecule has 2 aromatic carbocycles. The van der Waals surface area contributed by atoms with E-state index < -0.39 is 0 Å². The van der Waals surface area contributed by atoms with Crippen molar-refractivity contribution in [1.82, 2.24) is 4.90 Å². The van der Waals surface area contributed by atoms with Gasteiger partial charge in [0.1, 0.15) is 5.76 Å². The number of benzene rings is 2. The second-order valence-corrected chi connectivity index (χ2v) is 6.69. The van der Waals surface area contributed by atoms with Crippen LogP contribution in [0.1, 0.15) is 41.7 Å². The van der Waals surface area contributed by atoms with E-state index in [9.17, 15) is 4.79 Å². The molecule has 3 heteroatoms. The van der Waals surface area contributed by atoms with E-state index in [4.69, 9.17) is 4.42 Å². The van der Waals surface area contributed by atoms with Crippen LogP contribution in [0.15, 0.2) is 77.4 Å². The zero-order valence-electron chi connectivity index (χ0n) is 15.4. The van der Waals surface area contributed by atoms with E-state index in [1.54, 1.807) is 13.2 Å². The van der Waals surface area contributed by atoms with Crippen molar-refractivity contribution in [1.29, 1.82) is 0 Å². The van der Waals surface area contributed by atoms with E-state index in [0.29, 0.717) is 13.1 Å². The summed E-state index contributed by atoms with van der Waals surface area (Å²) < 4.78 is 5.69. The van der Waals surface area contributed by atoms with Gasteiger partial charge in [0.25, 0.3) is 0 Å². The predicted octanol–water partition coefficient (Wildman–Crippen LogP) is 5.16. The fourth-order valence-electron chi connectivity index (χ4n) is 3.20. The summed E-state index contributed by atoms with van der Waals surface area (Å²) in [6.45, 7) is 5.04. The number of nitrogens with zero attached hydrogens (tertiary/aromatic N) is 1. The van der Waals surface area contributed by atoms with Gasteiger partial charge < -0.3 is 9.32 Å². The SMILES string of the molecule is CC(=O)N(CC[C@H](c1ccc(C)cc1)c1ccco1)Cc1ccccc1. The Morgan fingerprint density at radius 2 is 1.73 bits per heavy atom. The van der Waals surface area contributed by atoms with Crippen molar-refractivity contribution >= 4 is 5.91 Å². The van der Waals surface area contributed by atoms with Gasteiger partial charge >= 0.3 is 0 Å². The molecule has 0 spiro atoms. The molecule has 3 aromatic rings. The normalized spacial score (nSPS) is 11.9. The lowest BCUT2D eigenvalue weighted by Crippen LogP contribution is -2.30. The zero-order chi connectivity index (χ0) is 18.4. The van der Waals surface area contributed by atoms with Gasteiger partial charge in [-0.25, -0.2) is 0 Å². The number of rotatable bonds is 7. The molecule has 1 atom stereocenters. The van der Waals surface area contributed by atoms with Crippen LogP contribution in [0.5, 0.6) is 0 Å². The van der Waals surface area contributed by atoms with E-state index in [1.807, 2.05) is 35.2 Å². The second kappa shape index (κ2) is 8.52. The summed E-state index contributed by atoms with van der Waals surface area (Å²) in [5.41, 5.74) is 3.60. The van der Waals surface area contributed by atoms with Crippen molar-refractivity contribution < 1.29 is 9.21 Å². The molecular formula is C23H25NO2. The molecule has 0 saturated carbocycles. The Hall–Kier alpha value is -2.81. The standard InChI is InChI=1S/C23H25NO2/c1-18-10-12-21(13-11-18)22(23-9-6-16-26-23)14-15-24(19(2)25)17-20-7-4-3-5-8-20/h3-13,16,22H,14-15,17H2,1-2H3/t22-/m1/s1. The minimum atomic E-state index is 0.0935. The topological polar surface area (TPSA) is 33.5 Å². The van der Waals surface area contributed by atoms with Gasteiger partial charge in [-0.05, 0) is 36.6 Å². The Balaban J connectivity index is 1.75. The van der Waals surface area contributed by atoms with Gasteiger partial charge in [-0.2, -0.15) is 0 Å². The van der Waals surface area contributed by atoms with Gasteiger partial charge in [-0.1, -0.05) is 60.2 Å².